The highest BCUT2D eigenvalue weighted by Gasteiger charge is 2.37. The van der Waals surface area contributed by atoms with Crippen LogP contribution in [0.3, 0.4) is 0 Å². The summed E-state index contributed by atoms with van der Waals surface area (Å²) < 4.78 is 5.68. The summed E-state index contributed by atoms with van der Waals surface area (Å²) in [7, 11) is 0. The molecule has 0 aromatic carbocycles. The largest absolute Gasteiger partial charge is 0.492 e. The number of nitrogens with zero attached hydrogens (tertiary/aromatic N) is 2. The third kappa shape index (κ3) is 3.73. The number of nitrogens with one attached hydrogen (secondary N) is 1. The van der Waals surface area contributed by atoms with Gasteiger partial charge < -0.3 is 4.74 Å². The van der Waals surface area contributed by atoms with E-state index >= 15 is 0 Å². The Morgan fingerprint density at radius 3 is 2.71 bits per heavy atom. The molecule has 0 bridgehead atoms. The molecule has 0 aliphatic carbocycles. The number of hydrazine groups is 1. The molecular formula is C16H28N4O. The lowest BCUT2D eigenvalue weighted by atomic mass is 9.88. The summed E-state index contributed by atoms with van der Waals surface area (Å²) in [6.45, 7) is 9.54. The maximum absolute atomic E-state index is 5.86. The van der Waals surface area contributed by atoms with E-state index in [9.17, 15) is 0 Å². The Kier molecular flexibility index (Phi) is 5.56. The van der Waals surface area contributed by atoms with Gasteiger partial charge in [-0.1, -0.05) is 6.92 Å². The van der Waals surface area contributed by atoms with Crippen molar-refractivity contribution < 1.29 is 4.74 Å². The lowest BCUT2D eigenvalue weighted by molar-refractivity contribution is 0.106. The number of hydrogen-bond donors (Lipinski definition) is 2. The van der Waals surface area contributed by atoms with Gasteiger partial charge in [-0.15, -0.1) is 0 Å². The third-order valence-electron chi connectivity index (χ3n) is 4.33. The first-order valence-electron chi connectivity index (χ1n) is 7.88. The van der Waals surface area contributed by atoms with Crippen LogP contribution in [0.2, 0.25) is 0 Å². The summed E-state index contributed by atoms with van der Waals surface area (Å²) in [5, 5.41) is 0. The lowest BCUT2D eigenvalue weighted by Gasteiger charge is -2.42. The van der Waals surface area contributed by atoms with Gasteiger partial charge in [-0.05, 0) is 57.8 Å². The minimum atomic E-state index is -0.0592. The maximum Gasteiger partial charge on any atom is 0.137 e. The van der Waals surface area contributed by atoms with Crippen molar-refractivity contribution in [2.45, 2.75) is 51.6 Å². The molecule has 1 saturated heterocycles. The van der Waals surface area contributed by atoms with Gasteiger partial charge in [-0.3, -0.25) is 21.2 Å². The van der Waals surface area contributed by atoms with Crippen LogP contribution in [-0.4, -0.2) is 35.1 Å². The number of hydrogen-bond acceptors (Lipinski definition) is 5. The molecule has 0 amide bonds. The molecule has 5 nitrogen and oxygen atoms in total. The van der Waals surface area contributed by atoms with Gasteiger partial charge >= 0.3 is 0 Å². The molecule has 1 aliphatic heterocycles. The average molecular weight is 292 g/mol. The van der Waals surface area contributed by atoms with Crippen molar-refractivity contribution in [3.8, 4) is 5.75 Å². The van der Waals surface area contributed by atoms with E-state index in [0.29, 0.717) is 6.61 Å². The average Bonchev–Trinajstić information content (AvgIpc) is 3.01. The van der Waals surface area contributed by atoms with Gasteiger partial charge in [0.2, 0.25) is 0 Å². The minimum absolute atomic E-state index is 0.0216. The zero-order valence-electron chi connectivity index (χ0n) is 13.4. The van der Waals surface area contributed by atoms with Crippen molar-refractivity contribution in [3.63, 3.8) is 0 Å². The second kappa shape index (κ2) is 7.20. The van der Waals surface area contributed by atoms with Gasteiger partial charge in [-0.2, -0.15) is 0 Å². The zero-order chi connectivity index (χ0) is 15.3. The molecule has 1 fully saturated rings. The molecule has 118 valence electrons. The molecule has 2 heterocycles. The van der Waals surface area contributed by atoms with Gasteiger partial charge in [-0.25, -0.2) is 0 Å². The van der Waals surface area contributed by atoms with Crippen LogP contribution in [0.4, 0.5) is 0 Å². The molecule has 0 radical (unpaired) electrons. The first kappa shape index (κ1) is 16.2. The van der Waals surface area contributed by atoms with E-state index in [1.807, 2.05) is 12.3 Å². The van der Waals surface area contributed by atoms with Gasteiger partial charge in [0, 0.05) is 11.7 Å². The second-order valence-corrected chi connectivity index (χ2v) is 6.25. The van der Waals surface area contributed by atoms with Crippen LogP contribution in [0.5, 0.6) is 5.75 Å². The predicted octanol–water partition coefficient (Wildman–Crippen LogP) is 2.25. The maximum atomic E-state index is 5.86. The van der Waals surface area contributed by atoms with Crippen molar-refractivity contribution in [1.82, 2.24) is 15.3 Å². The molecule has 1 aromatic heterocycles. The van der Waals surface area contributed by atoms with Crippen LogP contribution in [-0.2, 0) is 0 Å². The first-order valence-corrected chi connectivity index (χ1v) is 7.88. The van der Waals surface area contributed by atoms with Gasteiger partial charge in [0.25, 0.3) is 0 Å². The molecule has 1 unspecified atom stereocenters. The summed E-state index contributed by atoms with van der Waals surface area (Å²) in [5.41, 5.74) is 3.99. The molecule has 2 rings (SSSR count). The minimum Gasteiger partial charge on any atom is -0.492 e. The van der Waals surface area contributed by atoms with E-state index in [1.165, 1.54) is 12.8 Å². The van der Waals surface area contributed by atoms with E-state index in [4.69, 9.17) is 10.6 Å². The number of ether oxygens (including phenoxy) is 1. The highest BCUT2D eigenvalue weighted by atomic mass is 16.5. The molecule has 1 atom stereocenters. The van der Waals surface area contributed by atoms with E-state index in [1.54, 1.807) is 6.20 Å². The Morgan fingerprint density at radius 1 is 1.38 bits per heavy atom. The summed E-state index contributed by atoms with van der Waals surface area (Å²) in [6, 6.07) is 2.07. The molecule has 0 saturated carbocycles. The van der Waals surface area contributed by atoms with Crippen molar-refractivity contribution in [3.05, 3.63) is 24.0 Å². The SMILES string of the molecule is CCCOc1cncc(C(NN)C(C)(C)N2CCCC2)c1. The van der Waals surface area contributed by atoms with Crippen LogP contribution in [0.1, 0.15) is 51.6 Å². The van der Waals surface area contributed by atoms with E-state index in [2.05, 4.69) is 36.1 Å². The summed E-state index contributed by atoms with van der Waals surface area (Å²) in [4.78, 5) is 6.80. The summed E-state index contributed by atoms with van der Waals surface area (Å²) in [5.74, 6) is 6.68. The molecule has 0 spiro atoms. The van der Waals surface area contributed by atoms with Crippen LogP contribution in [0.25, 0.3) is 0 Å². The summed E-state index contributed by atoms with van der Waals surface area (Å²) in [6.07, 6.45) is 7.15. The Morgan fingerprint density at radius 2 is 2.10 bits per heavy atom. The predicted molar refractivity (Wildman–Crippen MR) is 85.0 cm³/mol. The Labute approximate surface area is 127 Å². The topological polar surface area (TPSA) is 63.4 Å². The third-order valence-corrected chi connectivity index (χ3v) is 4.33. The number of pyridine rings is 1. The fourth-order valence-electron chi connectivity index (χ4n) is 3.08. The van der Waals surface area contributed by atoms with Gasteiger partial charge in [0.15, 0.2) is 0 Å². The number of likely N-dealkylation sites (tertiary alicyclic amines) is 1. The van der Waals surface area contributed by atoms with Crippen molar-refractivity contribution in [1.29, 1.82) is 0 Å². The molecule has 1 aromatic rings. The molecular weight excluding hydrogens is 264 g/mol. The van der Waals surface area contributed by atoms with Crippen molar-refractivity contribution in [2.75, 3.05) is 19.7 Å². The monoisotopic (exact) mass is 292 g/mol. The van der Waals surface area contributed by atoms with Gasteiger partial charge in [0.1, 0.15) is 5.75 Å². The van der Waals surface area contributed by atoms with E-state index in [0.717, 1.165) is 30.8 Å². The van der Waals surface area contributed by atoms with E-state index in [-0.39, 0.29) is 11.6 Å². The first-order chi connectivity index (χ1) is 10.1. The Bertz CT molecular complexity index is 444. The van der Waals surface area contributed by atoms with Crippen molar-refractivity contribution >= 4 is 0 Å². The van der Waals surface area contributed by atoms with Crippen LogP contribution < -0.4 is 16.0 Å². The normalized spacial score (nSPS) is 17.9. The lowest BCUT2D eigenvalue weighted by Crippen LogP contribution is -2.53. The molecule has 1 aliphatic rings. The number of nitrogens with two attached hydrogens (primary N) is 1. The Hall–Kier alpha value is -1.17. The van der Waals surface area contributed by atoms with Crippen LogP contribution >= 0.6 is 0 Å². The number of rotatable bonds is 7. The standard InChI is InChI=1S/C16H28N4O/c1-4-9-21-14-10-13(11-18-12-14)15(19-17)16(2,3)20-7-5-6-8-20/h10-12,15,19H,4-9,17H2,1-3H3. The smallest absolute Gasteiger partial charge is 0.137 e. The Balaban J connectivity index is 2.19. The summed E-state index contributed by atoms with van der Waals surface area (Å²) >= 11 is 0. The van der Waals surface area contributed by atoms with E-state index < -0.39 is 0 Å². The molecule has 3 N–H and O–H groups in total. The zero-order valence-corrected chi connectivity index (χ0v) is 13.4. The number of aromatic nitrogens is 1. The van der Waals surface area contributed by atoms with Crippen molar-refractivity contribution in [2.24, 2.45) is 5.84 Å². The molecule has 21 heavy (non-hydrogen) atoms. The van der Waals surface area contributed by atoms with Crippen LogP contribution in [0, 0.1) is 0 Å². The molecule has 5 heteroatoms. The fraction of sp³-hybridized carbons (Fsp3) is 0.688. The quantitative estimate of drug-likeness (QED) is 0.596. The second-order valence-electron chi connectivity index (χ2n) is 6.25. The fourth-order valence-corrected chi connectivity index (χ4v) is 3.08. The highest BCUT2D eigenvalue weighted by molar-refractivity contribution is 5.28. The van der Waals surface area contributed by atoms with Crippen LogP contribution in [0.15, 0.2) is 18.5 Å². The highest BCUT2D eigenvalue weighted by Crippen LogP contribution is 2.33. The van der Waals surface area contributed by atoms with Gasteiger partial charge in [0.05, 0.1) is 18.8 Å².